The molecule has 8 nitrogen and oxygen atoms in total. The van der Waals surface area contributed by atoms with Crippen molar-refractivity contribution in [3.05, 3.63) is 48.9 Å². The van der Waals surface area contributed by atoms with Gasteiger partial charge in [-0.05, 0) is 49.1 Å². The average molecular weight is 385 g/mol. The standard InChI is InChI=1S/C21H19N7O/c22-6-5-21(11-14(12-21)13-29)28-9-4-17(27-28)20-15-2-1-7-23-18(15)10-19(25-20)16-3-8-24-26-16/h1-4,7-10,14,29H,5,11-13H2,(H,24,26)/t14-,21+. The lowest BCUT2D eigenvalue weighted by Gasteiger charge is -2.46. The first-order valence-corrected chi connectivity index (χ1v) is 9.52. The Morgan fingerprint density at radius 2 is 2.14 bits per heavy atom. The van der Waals surface area contributed by atoms with Crippen LogP contribution in [0.5, 0.6) is 0 Å². The van der Waals surface area contributed by atoms with Crippen LogP contribution in [-0.2, 0) is 5.54 Å². The Morgan fingerprint density at radius 1 is 1.24 bits per heavy atom. The Kier molecular flexibility index (Phi) is 4.11. The van der Waals surface area contributed by atoms with Crippen molar-refractivity contribution in [3.8, 4) is 28.8 Å². The van der Waals surface area contributed by atoms with Gasteiger partial charge in [-0.2, -0.15) is 15.5 Å². The number of pyridine rings is 2. The van der Waals surface area contributed by atoms with Crippen molar-refractivity contribution in [1.82, 2.24) is 29.9 Å². The second-order valence-corrected chi connectivity index (χ2v) is 7.56. The quantitative estimate of drug-likeness (QED) is 0.546. The van der Waals surface area contributed by atoms with Gasteiger partial charge in [0.05, 0.1) is 34.9 Å². The van der Waals surface area contributed by atoms with Crippen LogP contribution in [-0.4, -0.2) is 41.7 Å². The molecule has 144 valence electrons. The first-order valence-electron chi connectivity index (χ1n) is 9.52. The molecule has 4 aromatic rings. The summed E-state index contributed by atoms with van der Waals surface area (Å²) in [6, 6.07) is 11.9. The van der Waals surface area contributed by atoms with Gasteiger partial charge in [0.1, 0.15) is 11.4 Å². The molecule has 1 aliphatic carbocycles. The third-order valence-electron chi connectivity index (χ3n) is 5.70. The van der Waals surface area contributed by atoms with Crippen molar-refractivity contribution in [3.63, 3.8) is 0 Å². The SMILES string of the molecule is N#CC[C@]1(n2ccc(-c3nc(-c4ccn[nH]4)cc4ncccc34)n2)C[C@@H](CO)C1. The van der Waals surface area contributed by atoms with Gasteiger partial charge in [-0.1, -0.05) is 0 Å². The van der Waals surface area contributed by atoms with E-state index in [9.17, 15) is 10.4 Å². The Hall–Kier alpha value is -3.57. The van der Waals surface area contributed by atoms with Gasteiger partial charge < -0.3 is 5.11 Å². The molecule has 0 saturated heterocycles. The Bertz CT molecular complexity index is 1200. The fourth-order valence-electron chi connectivity index (χ4n) is 4.22. The highest BCUT2D eigenvalue weighted by Crippen LogP contribution is 2.46. The maximum Gasteiger partial charge on any atom is 0.111 e. The summed E-state index contributed by atoms with van der Waals surface area (Å²) in [4.78, 5) is 9.33. The molecule has 29 heavy (non-hydrogen) atoms. The van der Waals surface area contributed by atoms with E-state index in [0.29, 0.717) is 6.42 Å². The fraction of sp³-hybridized carbons (Fsp3) is 0.286. The van der Waals surface area contributed by atoms with Crippen molar-refractivity contribution in [1.29, 1.82) is 5.26 Å². The predicted octanol–water partition coefficient (Wildman–Crippen LogP) is 2.89. The second-order valence-electron chi connectivity index (χ2n) is 7.56. The minimum absolute atomic E-state index is 0.144. The van der Waals surface area contributed by atoms with E-state index >= 15 is 0 Å². The molecule has 1 aliphatic rings. The number of nitrogens with zero attached hydrogens (tertiary/aromatic N) is 6. The molecule has 0 aromatic carbocycles. The van der Waals surface area contributed by atoms with E-state index in [1.807, 2.05) is 41.2 Å². The zero-order chi connectivity index (χ0) is 19.8. The minimum atomic E-state index is -0.352. The molecule has 0 radical (unpaired) electrons. The second kappa shape index (κ2) is 6.79. The molecule has 1 saturated carbocycles. The number of rotatable bonds is 5. The molecule has 4 aromatic heterocycles. The van der Waals surface area contributed by atoms with Crippen molar-refractivity contribution in [2.24, 2.45) is 5.92 Å². The number of aliphatic hydroxyl groups excluding tert-OH is 1. The molecular weight excluding hydrogens is 366 g/mol. The molecule has 2 N–H and O–H groups in total. The van der Waals surface area contributed by atoms with Gasteiger partial charge in [-0.25, -0.2) is 4.98 Å². The number of hydrogen-bond donors (Lipinski definition) is 2. The van der Waals surface area contributed by atoms with Gasteiger partial charge in [-0.15, -0.1) is 0 Å². The zero-order valence-electron chi connectivity index (χ0n) is 15.7. The lowest BCUT2D eigenvalue weighted by atomic mass is 9.67. The molecular formula is C21H19N7O. The van der Waals surface area contributed by atoms with E-state index < -0.39 is 0 Å². The normalized spacial score (nSPS) is 21.0. The van der Waals surface area contributed by atoms with E-state index in [-0.39, 0.29) is 18.1 Å². The smallest absolute Gasteiger partial charge is 0.111 e. The van der Waals surface area contributed by atoms with Gasteiger partial charge in [0.2, 0.25) is 0 Å². The van der Waals surface area contributed by atoms with Crippen LogP contribution in [0.25, 0.3) is 33.7 Å². The summed E-state index contributed by atoms with van der Waals surface area (Å²) >= 11 is 0. The third kappa shape index (κ3) is 2.87. The lowest BCUT2D eigenvalue weighted by Crippen LogP contribution is -2.47. The maximum absolute atomic E-state index is 9.42. The number of hydrogen-bond acceptors (Lipinski definition) is 6. The highest BCUT2D eigenvalue weighted by atomic mass is 16.3. The molecule has 0 bridgehead atoms. The Morgan fingerprint density at radius 3 is 2.90 bits per heavy atom. The number of nitrogens with one attached hydrogen (secondary N) is 1. The number of aromatic amines is 1. The van der Waals surface area contributed by atoms with Crippen LogP contribution in [0.15, 0.2) is 48.9 Å². The molecule has 0 amide bonds. The lowest BCUT2D eigenvalue weighted by molar-refractivity contribution is 0.0204. The van der Waals surface area contributed by atoms with Gasteiger partial charge in [0, 0.05) is 30.6 Å². The van der Waals surface area contributed by atoms with Gasteiger partial charge >= 0.3 is 0 Å². The largest absolute Gasteiger partial charge is 0.396 e. The van der Waals surface area contributed by atoms with Crippen molar-refractivity contribution < 1.29 is 5.11 Å². The van der Waals surface area contributed by atoms with Crippen LogP contribution in [0.1, 0.15) is 19.3 Å². The molecule has 0 aliphatic heterocycles. The van der Waals surface area contributed by atoms with Crippen LogP contribution in [0.3, 0.4) is 0 Å². The summed E-state index contributed by atoms with van der Waals surface area (Å²) in [5.74, 6) is 0.225. The van der Waals surface area contributed by atoms with E-state index in [1.54, 1.807) is 12.4 Å². The fourth-order valence-corrected chi connectivity index (χ4v) is 4.22. The first-order chi connectivity index (χ1) is 14.2. The van der Waals surface area contributed by atoms with E-state index in [2.05, 4.69) is 21.3 Å². The number of aromatic nitrogens is 6. The number of H-pyrrole nitrogens is 1. The highest BCUT2D eigenvalue weighted by Gasteiger charge is 2.46. The Labute approximate surface area is 166 Å². The predicted molar refractivity (Wildman–Crippen MR) is 106 cm³/mol. The Balaban J connectivity index is 1.61. The highest BCUT2D eigenvalue weighted by molar-refractivity contribution is 5.93. The van der Waals surface area contributed by atoms with Crippen LogP contribution in [0, 0.1) is 17.2 Å². The topological polar surface area (TPSA) is 116 Å². The van der Waals surface area contributed by atoms with Crippen molar-refractivity contribution >= 4 is 10.9 Å². The maximum atomic E-state index is 9.42. The molecule has 0 unspecified atom stereocenters. The van der Waals surface area contributed by atoms with Gasteiger partial charge in [0.15, 0.2) is 0 Å². The molecule has 5 rings (SSSR count). The summed E-state index contributed by atoms with van der Waals surface area (Å²) in [6.45, 7) is 0.144. The molecule has 8 heteroatoms. The number of aliphatic hydroxyl groups is 1. The minimum Gasteiger partial charge on any atom is -0.396 e. The molecule has 4 heterocycles. The number of fused-ring (bicyclic) bond motifs is 1. The summed E-state index contributed by atoms with van der Waals surface area (Å²) < 4.78 is 1.88. The van der Waals surface area contributed by atoms with E-state index in [4.69, 9.17) is 10.1 Å². The van der Waals surface area contributed by atoms with Crippen molar-refractivity contribution in [2.45, 2.75) is 24.8 Å². The summed E-state index contributed by atoms with van der Waals surface area (Å²) in [6.07, 6.45) is 7.23. The average Bonchev–Trinajstić information content (AvgIpc) is 3.42. The van der Waals surface area contributed by atoms with Gasteiger partial charge in [0.25, 0.3) is 0 Å². The van der Waals surface area contributed by atoms with Gasteiger partial charge in [-0.3, -0.25) is 14.8 Å². The van der Waals surface area contributed by atoms with Crippen LogP contribution >= 0.6 is 0 Å². The van der Waals surface area contributed by atoms with Crippen LogP contribution in [0.4, 0.5) is 0 Å². The molecule has 0 spiro atoms. The van der Waals surface area contributed by atoms with E-state index in [1.165, 1.54) is 0 Å². The van der Waals surface area contributed by atoms with Crippen LogP contribution < -0.4 is 0 Å². The van der Waals surface area contributed by atoms with E-state index in [0.717, 1.165) is 46.5 Å². The van der Waals surface area contributed by atoms with Crippen molar-refractivity contribution in [2.75, 3.05) is 6.61 Å². The summed E-state index contributed by atoms with van der Waals surface area (Å²) in [5.41, 5.74) is 3.50. The monoisotopic (exact) mass is 385 g/mol. The summed E-state index contributed by atoms with van der Waals surface area (Å²) in [7, 11) is 0. The summed E-state index contributed by atoms with van der Waals surface area (Å²) in [5, 5.41) is 31.4. The first kappa shape index (κ1) is 17.5. The van der Waals surface area contributed by atoms with Crippen LogP contribution in [0.2, 0.25) is 0 Å². The number of nitriles is 1. The molecule has 0 atom stereocenters. The third-order valence-corrected chi connectivity index (χ3v) is 5.70. The zero-order valence-corrected chi connectivity index (χ0v) is 15.7. The molecule has 1 fully saturated rings.